The molecular weight excluding hydrogens is 160 g/mol. The van der Waals surface area contributed by atoms with E-state index in [9.17, 15) is 0 Å². The van der Waals surface area contributed by atoms with Gasteiger partial charge in [0.1, 0.15) is 0 Å². The Bertz CT molecular complexity index is 209. The van der Waals surface area contributed by atoms with Crippen LogP contribution in [-0.2, 0) is 0 Å². The van der Waals surface area contributed by atoms with Crippen molar-refractivity contribution in [3.05, 3.63) is 6.42 Å². The van der Waals surface area contributed by atoms with Crippen LogP contribution in [0.4, 0.5) is 0 Å². The van der Waals surface area contributed by atoms with E-state index < -0.39 is 0 Å². The summed E-state index contributed by atoms with van der Waals surface area (Å²) < 4.78 is 0. The monoisotopic (exact) mass is 177 g/mol. The largest absolute Gasteiger partial charge is 0.283 e. The fraction of sp³-hybridized carbons (Fsp3) is 0.818. The third-order valence-corrected chi connectivity index (χ3v) is 3.29. The van der Waals surface area contributed by atoms with Gasteiger partial charge >= 0.3 is 0 Å². The van der Waals surface area contributed by atoms with Crippen LogP contribution < -0.4 is 0 Å². The van der Waals surface area contributed by atoms with E-state index in [1.807, 2.05) is 0 Å². The Morgan fingerprint density at radius 3 is 2.08 bits per heavy atom. The maximum absolute atomic E-state index is 6.99. The van der Waals surface area contributed by atoms with E-state index >= 15 is 0 Å². The van der Waals surface area contributed by atoms with Crippen LogP contribution in [0, 0.1) is 12.3 Å². The molecule has 2 saturated heterocycles. The molecule has 71 valence electrons. The Hall–Kier alpha value is -0.520. The second-order valence-electron chi connectivity index (χ2n) is 3.99. The van der Waals surface area contributed by atoms with Crippen molar-refractivity contribution in [2.45, 2.75) is 31.8 Å². The van der Waals surface area contributed by atoms with Gasteiger partial charge in [0.15, 0.2) is 0 Å². The molecule has 2 rings (SSSR count). The van der Waals surface area contributed by atoms with Gasteiger partial charge in [-0.3, -0.25) is 9.80 Å². The number of hydrogen-bond donors (Lipinski definition) is 0. The Morgan fingerprint density at radius 1 is 1.23 bits per heavy atom. The molecule has 0 N–H and O–H groups in total. The number of nitrogens with zero attached hydrogens (tertiary/aromatic N) is 2. The summed E-state index contributed by atoms with van der Waals surface area (Å²) in [6, 6.07) is 0. The van der Waals surface area contributed by atoms with Crippen molar-refractivity contribution in [2.75, 3.05) is 26.2 Å². The molecule has 0 atom stereocenters. The van der Waals surface area contributed by atoms with Gasteiger partial charge in [-0.25, -0.2) is 0 Å². The zero-order valence-electron chi connectivity index (χ0n) is 8.34. The average Bonchev–Trinajstić information content (AvgIpc) is 2.99. The van der Waals surface area contributed by atoms with E-state index in [0.29, 0.717) is 5.66 Å². The summed E-state index contributed by atoms with van der Waals surface area (Å²) in [7, 11) is 0. The molecule has 13 heavy (non-hydrogen) atoms. The lowest BCUT2D eigenvalue weighted by molar-refractivity contribution is 0.0801. The molecule has 2 heteroatoms. The van der Waals surface area contributed by atoms with Gasteiger partial charge in [-0.05, 0) is 19.3 Å². The van der Waals surface area contributed by atoms with Gasteiger partial charge in [-0.15, -0.1) is 0 Å². The van der Waals surface area contributed by atoms with E-state index in [1.54, 1.807) is 0 Å². The van der Waals surface area contributed by atoms with Crippen LogP contribution >= 0.6 is 0 Å². The van der Waals surface area contributed by atoms with Crippen molar-refractivity contribution in [1.29, 1.82) is 0 Å². The summed E-state index contributed by atoms with van der Waals surface area (Å²) in [5.41, 5.74) is 0.300. The zero-order valence-corrected chi connectivity index (χ0v) is 8.34. The molecule has 0 aromatic heterocycles. The Labute approximate surface area is 80.9 Å². The number of rotatable bonds is 5. The van der Waals surface area contributed by atoms with Gasteiger partial charge in [0.25, 0.3) is 0 Å². The molecule has 0 amide bonds. The van der Waals surface area contributed by atoms with Crippen LogP contribution in [0.15, 0.2) is 0 Å². The highest BCUT2D eigenvalue weighted by Gasteiger charge is 2.49. The Balaban J connectivity index is 2.02. The second-order valence-corrected chi connectivity index (χ2v) is 3.99. The van der Waals surface area contributed by atoms with Crippen LogP contribution in [-0.4, -0.2) is 41.6 Å². The molecule has 0 saturated carbocycles. The molecule has 1 radical (unpaired) electrons. The summed E-state index contributed by atoms with van der Waals surface area (Å²) in [5, 5.41) is 0. The minimum atomic E-state index is 0.300. The maximum atomic E-state index is 6.99. The normalized spacial score (nSPS) is 22.8. The van der Waals surface area contributed by atoms with E-state index in [4.69, 9.17) is 6.42 Å². The Morgan fingerprint density at radius 2 is 1.77 bits per heavy atom. The van der Waals surface area contributed by atoms with Gasteiger partial charge in [0, 0.05) is 32.6 Å². The highest BCUT2D eigenvalue weighted by atomic mass is 15.5. The lowest BCUT2D eigenvalue weighted by Crippen LogP contribution is -2.45. The van der Waals surface area contributed by atoms with Crippen molar-refractivity contribution in [1.82, 2.24) is 9.80 Å². The molecule has 2 aliphatic rings. The Kier molecular flexibility index (Phi) is 2.31. The molecular formula is C11H17N2. The smallest absolute Gasteiger partial charge is 0.0746 e. The average molecular weight is 177 g/mol. The molecule has 0 unspecified atom stereocenters. The van der Waals surface area contributed by atoms with Crippen LogP contribution in [0.25, 0.3) is 0 Å². The third-order valence-electron chi connectivity index (χ3n) is 3.29. The van der Waals surface area contributed by atoms with E-state index in [0.717, 1.165) is 12.8 Å². The van der Waals surface area contributed by atoms with Crippen LogP contribution in [0.5, 0.6) is 0 Å². The quantitative estimate of drug-likeness (QED) is 0.458. The third kappa shape index (κ3) is 1.59. The van der Waals surface area contributed by atoms with Crippen LogP contribution in [0.3, 0.4) is 0 Å². The highest BCUT2D eigenvalue weighted by molar-refractivity contribution is 5.02. The molecule has 0 aliphatic carbocycles. The lowest BCUT2D eigenvalue weighted by Gasteiger charge is -2.35. The minimum absolute atomic E-state index is 0.300. The van der Waals surface area contributed by atoms with Crippen molar-refractivity contribution >= 4 is 0 Å². The van der Waals surface area contributed by atoms with Crippen LogP contribution in [0.1, 0.15) is 26.2 Å². The van der Waals surface area contributed by atoms with Crippen molar-refractivity contribution in [3.8, 4) is 5.92 Å². The van der Waals surface area contributed by atoms with Crippen molar-refractivity contribution in [2.24, 2.45) is 0 Å². The van der Waals surface area contributed by atoms with Crippen molar-refractivity contribution < 1.29 is 0 Å². The molecule has 2 fully saturated rings. The van der Waals surface area contributed by atoms with Gasteiger partial charge in [-0.2, -0.15) is 0 Å². The van der Waals surface area contributed by atoms with Crippen molar-refractivity contribution in [3.63, 3.8) is 0 Å². The summed E-state index contributed by atoms with van der Waals surface area (Å²) in [4.78, 5) is 5.08. The summed E-state index contributed by atoms with van der Waals surface area (Å²) in [5.74, 6) is 2.52. The lowest BCUT2D eigenvalue weighted by atomic mass is 10.0. The van der Waals surface area contributed by atoms with Crippen LogP contribution in [0.2, 0.25) is 0 Å². The minimum Gasteiger partial charge on any atom is -0.283 e. The molecule has 2 heterocycles. The number of hydrogen-bond acceptors (Lipinski definition) is 2. The molecule has 0 aromatic rings. The predicted molar refractivity (Wildman–Crippen MR) is 52.5 cm³/mol. The maximum Gasteiger partial charge on any atom is 0.0746 e. The summed E-state index contributed by atoms with van der Waals surface area (Å²) >= 11 is 0. The summed E-state index contributed by atoms with van der Waals surface area (Å²) in [6.07, 6.45) is 10.1. The van der Waals surface area contributed by atoms with Gasteiger partial charge in [0.05, 0.1) is 5.66 Å². The molecule has 0 aromatic carbocycles. The fourth-order valence-corrected chi connectivity index (χ4v) is 2.34. The van der Waals surface area contributed by atoms with Gasteiger partial charge in [-0.1, -0.05) is 12.8 Å². The van der Waals surface area contributed by atoms with E-state index in [-0.39, 0.29) is 0 Å². The first-order chi connectivity index (χ1) is 6.33. The fourth-order valence-electron chi connectivity index (χ4n) is 2.34. The highest BCUT2D eigenvalue weighted by Crippen LogP contribution is 2.38. The first kappa shape index (κ1) is 9.05. The predicted octanol–water partition coefficient (Wildman–Crippen LogP) is 1.09. The molecule has 2 nitrogen and oxygen atoms in total. The topological polar surface area (TPSA) is 6.02 Å². The summed E-state index contributed by atoms with van der Waals surface area (Å²) in [6.45, 7) is 7.27. The zero-order chi connectivity index (χ0) is 9.31. The van der Waals surface area contributed by atoms with E-state index in [2.05, 4.69) is 22.6 Å². The SMILES string of the molecule is [C]#CCCC(CC)(N1CC1)N1CC1. The standard InChI is InChI=1S/C11H17N2/c1-3-5-6-11(4-2,12-7-8-12)13-9-10-13/h4-10H2,2H3. The molecule has 0 bridgehead atoms. The van der Waals surface area contributed by atoms with Gasteiger partial charge < -0.3 is 0 Å². The molecule has 0 spiro atoms. The van der Waals surface area contributed by atoms with Gasteiger partial charge in [0.2, 0.25) is 0 Å². The first-order valence-corrected chi connectivity index (χ1v) is 5.23. The second kappa shape index (κ2) is 3.32. The molecule has 2 aliphatic heterocycles. The first-order valence-electron chi connectivity index (χ1n) is 5.23. The van der Waals surface area contributed by atoms with E-state index in [1.165, 1.54) is 32.6 Å².